The molecule has 3 N–H and O–H groups in total. The molecule has 0 amide bonds. The molecule has 0 bridgehead atoms. The number of rotatable bonds is 3. The third-order valence-corrected chi connectivity index (χ3v) is 2.59. The van der Waals surface area contributed by atoms with Gasteiger partial charge in [0.05, 0.1) is 0 Å². The molecular formula is C12H15NO3. The highest BCUT2D eigenvalue weighted by Crippen LogP contribution is 2.30. The van der Waals surface area contributed by atoms with Crippen LogP contribution in [-0.2, 0) is 4.74 Å². The highest BCUT2D eigenvalue weighted by molar-refractivity contribution is 5.86. The van der Waals surface area contributed by atoms with Crippen LogP contribution < -0.4 is 0 Å². The molecule has 1 heterocycles. The van der Waals surface area contributed by atoms with E-state index < -0.39 is 6.29 Å². The second-order valence-corrected chi connectivity index (χ2v) is 3.70. The Morgan fingerprint density at radius 3 is 2.88 bits per heavy atom. The summed E-state index contributed by atoms with van der Waals surface area (Å²) in [5.41, 5.74) is 2.42. The van der Waals surface area contributed by atoms with Crippen molar-refractivity contribution in [1.82, 2.24) is 4.98 Å². The number of aryl methyl sites for hydroxylation is 1. The number of aliphatic hydroxyl groups is 1. The predicted molar refractivity (Wildman–Crippen MR) is 61.3 cm³/mol. The molecule has 0 radical (unpaired) electrons. The summed E-state index contributed by atoms with van der Waals surface area (Å²) in [5.74, 6) is 0.177. The van der Waals surface area contributed by atoms with Gasteiger partial charge < -0.3 is 19.9 Å². The van der Waals surface area contributed by atoms with E-state index in [4.69, 9.17) is 4.74 Å². The fraction of sp³-hybridized carbons (Fsp3) is 0.333. The molecule has 0 saturated heterocycles. The van der Waals surface area contributed by atoms with Gasteiger partial charge in [0.15, 0.2) is 6.29 Å². The van der Waals surface area contributed by atoms with E-state index in [1.165, 1.54) is 0 Å². The van der Waals surface area contributed by atoms with Crippen LogP contribution in [0.1, 0.15) is 24.5 Å². The maximum absolute atomic E-state index is 9.86. The van der Waals surface area contributed by atoms with E-state index in [0.717, 1.165) is 16.6 Å². The molecule has 0 aliphatic carbocycles. The van der Waals surface area contributed by atoms with Crippen LogP contribution in [0.25, 0.3) is 10.9 Å². The molecule has 0 spiro atoms. The van der Waals surface area contributed by atoms with Gasteiger partial charge in [-0.1, -0.05) is 0 Å². The van der Waals surface area contributed by atoms with Crippen molar-refractivity contribution in [3.8, 4) is 5.75 Å². The quantitative estimate of drug-likeness (QED) is 0.696. The minimum absolute atomic E-state index is 0.177. The molecule has 0 aliphatic heterocycles. The van der Waals surface area contributed by atoms with E-state index in [2.05, 4.69) is 4.98 Å². The number of aromatic amines is 1. The Morgan fingerprint density at radius 1 is 1.44 bits per heavy atom. The number of nitrogens with one attached hydrogen (secondary N) is 1. The molecule has 1 aromatic heterocycles. The fourth-order valence-corrected chi connectivity index (χ4v) is 1.89. The van der Waals surface area contributed by atoms with Crippen molar-refractivity contribution < 1.29 is 14.9 Å². The van der Waals surface area contributed by atoms with Crippen LogP contribution in [-0.4, -0.2) is 21.8 Å². The van der Waals surface area contributed by atoms with Gasteiger partial charge in [-0.15, -0.1) is 0 Å². The lowest BCUT2D eigenvalue weighted by molar-refractivity contribution is -0.0973. The first-order chi connectivity index (χ1) is 7.63. The monoisotopic (exact) mass is 221 g/mol. The number of aromatic hydroxyl groups is 1. The van der Waals surface area contributed by atoms with Crippen molar-refractivity contribution in [2.45, 2.75) is 20.1 Å². The Morgan fingerprint density at radius 2 is 2.19 bits per heavy atom. The minimum Gasteiger partial charge on any atom is -0.508 e. The van der Waals surface area contributed by atoms with Crippen molar-refractivity contribution in [2.75, 3.05) is 6.61 Å². The van der Waals surface area contributed by atoms with Crippen molar-refractivity contribution in [3.05, 3.63) is 29.5 Å². The van der Waals surface area contributed by atoms with Crippen LogP contribution in [0.2, 0.25) is 0 Å². The van der Waals surface area contributed by atoms with Crippen LogP contribution in [0.3, 0.4) is 0 Å². The number of aromatic nitrogens is 1. The standard InChI is InChI=1S/C12H15NO3/c1-3-16-12(15)11-7(2)13-10-5-4-8(14)6-9(10)11/h4-6,12-15H,3H2,1-2H3. The summed E-state index contributed by atoms with van der Waals surface area (Å²) in [6.07, 6.45) is -0.958. The molecule has 2 rings (SSSR count). The number of aliphatic hydroxyl groups excluding tert-OH is 1. The Bertz CT molecular complexity index is 504. The number of benzene rings is 1. The van der Waals surface area contributed by atoms with Gasteiger partial charge in [0, 0.05) is 28.8 Å². The lowest BCUT2D eigenvalue weighted by atomic mass is 10.1. The average Bonchev–Trinajstić information content (AvgIpc) is 2.53. The van der Waals surface area contributed by atoms with E-state index in [9.17, 15) is 10.2 Å². The number of phenols is 1. The Labute approximate surface area is 93.5 Å². The lowest BCUT2D eigenvalue weighted by Gasteiger charge is -2.10. The molecule has 1 atom stereocenters. The van der Waals surface area contributed by atoms with Crippen LogP contribution in [0.5, 0.6) is 5.75 Å². The van der Waals surface area contributed by atoms with Gasteiger partial charge in [-0.05, 0) is 32.0 Å². The van der Waals surface area contributed by atoms with Crippen molar-refractivity contribution in [2.24, 2.45) is 0 Å². The summed E-state index contributed by atoms with van der Waals surface area (Å²) < 4.78 is 5.17. The average molecular weight is 221 g/mol. The molecule has 0 fully saturated rings. The maximum atomic E-state index is 9.86. The second-order valence-electron chi connectivity index (χ2n) is 3.70. The molecule has 1 unspecified atom stereocenters. The third-order valence-electron chi connectivity index (χ3n) is 2.59. The zero-order chi connectivity index (χ0) is 11.7. The number of ether oxygens (including phenoxy) is 1. The van der Waals surface area contributed by atoms with Gasteiger partial charge in [0.25, 0.3) is 0 Å². The van der Waals surface area contributed by atoms with Crippen LogP contribution in [0.4, 0.5) is 0 Å². The summed E-state index contributed by atoms with van der Waals surface area (Å²) in [4.78, 5) is 3.14. The first-order valence-corrected chi connectivity index (χ1v) is 5.24. The minimum atomic E-state index is -0.958. The highest BCUT2D eigenvalue weighted by atomic mass is 16.6. The number of H-pyrrole nitrogens is 1. The first-order valence-electron chi connectivity index (χ1n) is 5.24. The topological polar surface area (TPSA) is 65.5 Å². The van der Waals surface area contributed by atoms with E-state index in [-0.39, 0.29) is 5.75 Å². The molecule has 0 aliphatic rings. The van der Waals surface area contributed by atoms with E-state index in [1.54, 1.807) is 18.2 Å². The molecule has 16 heavy (non-hydrogen) atoms. The summed E-state index contributed by atoms with van der Waals surface area (Å²) in [6, 6.07) is 5.01. The van der Waals surface area contributed by atoms with E-state index in [1.807, 2.05) is 13.8 Å². The van der Waals surface area contributed by atoms with E-state index in [0.29, 0.717) is 12.2 Å². The number of hydrogen-bond acceptors (Lipinski definition) is 3. The highest BCUT2D eigenvalue weighted by Gasteiger charge is 2.16. The number of hydrogen-bond donors (Lipinski definition) is 3. The summed E-state index contributed by atoms with van der Waals surface area (Å²) >= 11 is 0. The summed E-state index contributed by atoms with van der Waals surface area (Å²) in [7, 11) is 0. The van der Waals surface area contributed by atoms with Crippen LogP contribution in [0, 0.1) is 6.92 Å². The van der Waals surface area contributed by atoms with Gasteiger partial charge in [-0.2, -0.15) is 0 Å². The zero-order valence-corrected chi connectivity index (χ0v) is 9.32. The predicted octanol–water partition coefficient (Wildman–Crippen LogP) is 2.21. The molecular weight excluding hydrogens is 206 g/mol. The van der Waals surface area contributed by atoms with Gasteiger partial charge in [-0.25, -0.2) is 0 Å². The summed E-state index contributed by atoms with van der Waals surface area (Å²) in [5, 5.41) is 20.1. The molecule has 4 heteroatoms. The Hall–Kier alpha value is -1.52. The van der Waals surface area contributed by atoms with Crippen molar-refractivity contribution >= 4 is 10.9 Å². The molecule has 2 aromatic rings. The maximum Gasteiger partial charge on any atom is 0.183 e. The van der Waals surface area contributed by atoms with Gasteiger partial charge >= 0.3 is 0 Å². The first kappa shape index (κ1) is 11.0. The normalized spacial score (nSPS) is 13.2. The second kappa shape index (κ2) is 4.15. The Kier molecular flexibility index (Phi) is 2.85. The smallest absolute Gasteiger partial charge is 0.183 e. The van der Waals surface area contributed by atoms with Gasteiger partial charge in [0.2, 0.25) is 0 Å². The Balaban J connectivity index is 2.58. The van der Waals surface area contributed by atoms with Crippen molar-refractivity contribution in [1.29, 1.82) is 0 Å². The SMILES string of the molecule is CCOC(O)c1c(C)[nH]c2ccc(O)cc12. The van der Waals surface area contributed by atoms with Gasteiger partial charge in [-0.3, -0.25) is 0 Å². The number of phenolic OH excluding ortho intramolecular Hbond substituents is 1. The fourth-order valence-electron chi connectivity index (χ4n) is 1.89. The lowest BCUT2D eigenvalue weighted by Crippen LogP contribution is -2.03. The van der Waals surface area contributed by atoms with Crippen LogP contribution >= 0.6 is 0 Å². The van der Waals surface area contributed by atoms with Crippen LogP contribution in [0.15, 0.2) is 18.2 Å². The number of fused-ring (bicyclic) bond motifs is 1. The van der Waals surface area contributed by atoms with Gasteiger partial charge in [0.1, 0.15) is 5.75 Å². The summed E-state index contributed by atoms with van der Waals surface area (Å²) in [6.45, 7) is 4.13. The molecule has 1 aromatic carbocycles. The van der Waals surface area contributed by atoms with E-state index >= 15 is 0 Å². The molecule has 0 saturated carbocycles. The van der Waals surface area contributed by atoms with Crippen molar-refractivity contribution in [3.63, 3.8) is 0 Å². The molecule has 4 nitrogen and oxygen atoms in total. The third kappa shape index (κ3) is 1.77. The molecule has 86 valence electrons. The zero-order valence-electron chi connectivity index (χ0n) is 9.32. The largest absolute Gasteiger partial charge is 0.508 e.